The number of aryl methyl sites for hydroxylation is 1. The first-order valence-corrected chi connectivity index (χ1v) is 12.2. The van der Waals surface area contributed by atoms with Crippen LogP contribution in [0.3, 0.4) is 0 Å². The molecule has 188 valence electrons. The van der Waals surface area contributed by atoms with Crippen molar-refractivity contribution in [2.45, 2.75) is 17.9 Å². The molecule has 3 heterocycles. The van der Waals surface area contributed by atoms with E-state index in [1.807, 2.05) is 12.1 Å². The summed E-state index contributed by atoms with van der Waals surface area (Å²) in [6, 6.07) is 7.28. The van der Waals surface area contributed by atoms with Gasteiger partial charge >= 0.3 is 11.9 Å². The summed E-state index contributed by atoms with van der Waals surface area (Å²) in [5, 5.41) is 24.1. The number of aliphatic carboxylic acids is 2. The van der Waals surface area contributed by atoms with Gasteiger partial charge in [-0.2, -0.15) is 13.5 Å². The zero-order chi connectivity index (χ0) is 25.6. The van der Waals surface area contributed by atoms with Crippen molar-refractivity contribution < 1.29 is 33.1 Å². The maximum Gasteiger partial charge on any atom is 0.328 e. The van der Waals surface area contributed by atoms with Gasteiger partial charge in [-0.1, -0.05) is 23.4 Å². The van der Waals surface area contributed by atoms with Crippen LogP contribution in [0.1, 0.15) is 24.0 Å². The molecule has 0 bridgehead atoms. The van der Waals surface area contributed by atoms with Crippen molar-refractivity contribution in [2.24, 2.45) is 12.2 Å². The fraction of sp³-hybridized carbons (Fsp3) is 0.364. The van der Waals surface area contributed by atoms with Crippen molar-refractivity contribution in [3.63, 3.8) is 0 Å². The lowest BCUT2D eigenvalue weighted by Gasteiger charge is -2.18. The predicted octanol–water partition coefficient (Wildman–Crippen LogP) is 1.14. The van der Waals surface area contributed by atoms with Gasteiger partial charge in [0.25, 0.3) is 10.0 Å². The highest BCUT2D eigenvalue weighted by Crippen LogP contribution is 2.33. The molecule has 0 radical (unpaired) electrons. The number of aromatic nitrogens is 2. The van der Waals surface area contributed by atoms with E-state index in [1.54, 1.807) is 25.4 Å². The predicted molar refractivity (Wildman–Crippen MR) is 127 cm³/mol. The molecule has 1 aromatic carbocycles. The molecule has 13 heteroatoms. The second-order valence-corrected chi connectivity index (χ2v) is 9.73. The Hall–Kier alpha value is -3.71. The van der Waals surface area contributed by atoms with Crippen LogP contribution in [0.4, 0.5) is 5.69 Å². The number of rotatable bonds is 6. The van der Waals surface area contributed by atoms with Gasteiger partial charge in [0.2, 0.25) is 5.03 Å². The average molecular weight is 506 g/mol. The van der Waals surface area contributed by atoms with E-state index in [2.05, 4.69) is 15.2 Å². The van der Waals surface area contributed by atoms with E-state index in [0.717, 1.165) is 19.6 Å². The lowest BCUT2D eigenvalue weighted by molar-refractivity contribution is -0.134. The number of hydrogen-bond donors (Lipinski definition) is 2. The highest BCUT2D eigenvalue weighted by molar-refractivity contribution is 7.92. The Kier molecular flexibility index (Phi) is 8.25. The van der Waals surface area contributed by atoms with E-state index in [1.165, 1.54) is 28.9 Å². The third-order valence-corrected chi connectivity index (χ3v) is 7.08. The quantitative estimate of drug-likeness (QED) is 0.334. The molecule has 0 amide bonds. The monoisotopic (exact) mass is 505 g/mol. The first-order valence-electron chi connectivity index (χ1n) is 10.8. The van der Waals surface area contributed by atoms with Crippen LogP contribution >= 0.6 is 0 Å². The van der Waals surface area contributed by atoms with E-state index >= 15 is 0 Å². The Labute approximate surface area is 202 Å². The van der Waals surface area contributed by atoms with Gasteiger partial charge in [-0.05, 0) is 32.0 Å². The molecule has 0 atom stereocenters. The van der Waals surface area contributed by atoms with Gasteiger partial charge < -0.3 is 15.1 Å². The van der Waals surface area contributed by atoms with Gasteiger partial charge in [-0.15, -0.1) is 0 Å². The number of carboxylic acid groups (broad SMARTS) is 2. The van der Waals surface area contributed by atoms with Crippen LogP contribution in [0.25, 0.3) is 0 Å². The molecule has 2 aliphatic rings. The van der Waals surface area contributed by atoms with E-state index in [4.69, 9.17) is 15.1 Å². The van der Waals surface area contributed by atoms with Gasteiger partial charge in [0, 0.05) is 44.6 Å². The number of para-hydroxylation sites is 1. The highest BCUT2D eigenvalue weighted by Gasteiger charge is 2.36. The van der Waals surface area contributed by atoms with Crippen LogP contribution in [-0.2, 0) is 31.5 Å². The maximum atomic E-state index is 13.0. The van der Waals surface area contributed by atoms with Crippen molar-refractivity contribution >= 4 is 33.4 Å². The number of anilines is 1. The zero-order valence-corrected chi connectivity index (χ0v) is 20.2. The normalized spacial score (nSPS) is 17.9. The van der Waals surface area contributed by atoms with Gasteiger partial charge in [0.1, 0.15) is 12.3 Å². The third kappa shape index (κ3) is 6.25. The van der Waals surface area contributed by atoms with E-state index in [-0.39, 0.29) is 5.03 Å². The van der Waals surface area contributed by atoms with E-state index in [9.17, 15) is 18.0 Å². The second-order valence-electron chi connectivity index (χ2n) is 7.84. The fourth-order valence-corrected chi connectivity index (χ4v) is 5.04. The minimum Gasteiger partial charge on any atom is -0.478 e. The molecule has 1 aromatic heterocycles. The van der Waals surface area contributed by atoms with Crippen LogP contribution in [0, 0.1) is 0 Å². The Morgan fingerprint density at radius 1 is 1.09 bits per heavy atom. The summed E-state index contributed by atoms with van der Waals surface area (Å²) in [5.74, 6) is -2.51. The first-order chi connectivity index (χ1) is 16.6. The third-order valence-electron chi connectivity index (χ3n) is 5.38. The van der Waals surface area contributed by atoms with Gasteiger partial charge in [-0.25, -0.2) is 9.59 Å². The molecule has 0 aliphatic carbocycles. The molecular formula is C22H27N5O7S. The summed E-state index contributed by atoms with van der Waals surface area (Å²) in [6.45, 7) is 3.47. The maximum absolute atomic E-state index is 13.0. The Bertz CT molecular complexity index is 1230. The zero-order valence-electron chi connectivity index (χ0n) is 19.4. The second kappa shape index (κ2) is 11.1. The number of fused-ring (bicyclic) bond motifs is 2. The summed E-state index contributed by atoms with van der Waals surface area (Å²) in [7, 11) is -0.542. The lowest BCUT2D eigenvalue weighted by atomic mass is 10.0. The molecule has 0 saturated carbocycles. The Morgan fingerprint density at radius 3 is 2.34 bits per heavy atom. The minimum atomic E-state index is -3.77. The van der Waals surface area contributed by atoms with Crippen molar-refractivity contribution in [1.82, 2.24) is 14.7 Å². The van der Waals surface area contributed by atoms with Crippen molar-refractivity contribution in [3.05, 3.63) is 53.7 Å². The van der Waals surface area contributed by atoms with Crippen LogP contribution in [0.15, 0.2) is 52.8 Å². The molecule has 2 aromatic rings. The molecule has 0 unspecified atom stereocenters. The number of nitrogens with zero attached hydrogens (tertiary/aromatic N) is 5. The SMILES string of the molecule is CN1c2ccccc2/C(=N\OCCN2CCCC2)c2cn(C)nc2S1(=O)=O.O=C(O)/C=C/C(=O)O. The topological polar surface area (TPSA) is 155 Å². The van der Waals surface area contributed by atoms with Crippen molar-refractivity contribution in [3.8, 4) is 0 Å². The lowest BCUT2D eigenvalue weighted by Crippen LogP contribution is -2.27. The number of carbonyl (C=O) groups is 2. The number of carboxylic acids is 2. The molecule has 1 saturated heterocycles. The number of benzene rings is 1. The molecule has 35 heavy (non-hydrogen) atoms. The summed E-state index contributed by atoms with van der Waals surface area (Å²) < 4.78 is 28.7. The Balaban J connectivity index is 0.000000371. The number of likely N-dealkylation sites (tertiary alicyclic amines) is 1. The van der Waals surface area contributed by atoms with E-state index < -0.39 is 22.0 Å². The minimum absolute atomic E-state index is 0.00871. The smallest absolute Gasteiger partial charge is 0.328 e. The number of sulfonamides is 1. The standard InChI is InChI=1S/C18H23N5O3S.C4H4O4/c1-21-13-15-17(20-26-12-11-23-9-5-6-10-23)14-7-3-4-8-16(14)22(2)27(24,25)18(15)19-21;5-3(6)1-2-4(7)8/h3-4,7-8,13H,5-6,9-12H2,1-2H3;1-2H,(H,5,6)(H,7,8)/b20-17+;2-1+. The molecule has 1 fully saturated rings. The summed E-state index contributed by atoms with van der Waals surface area (Å²) in [5.41, 5.74) is 2.20. The molecule has 2 aliphatic heterocycles. The molecule has 2 N–H and O–H groups in total. The average Bonchev–Trinajstić information content (AvgIpc) is 3.46. The van der Waals surface area contributed by atoms with Gasteiger partial charge in [0.05, 0.1) is 11.3 Å². The fourth-order valence-electron chi connectivity index (χ4n) is 3.70. The molecule has 12 nitrogen and oxygen atoms in total. The summed E-state index contributed by atoms with van der Waals surface area (Å²) >= 11 is 0. The first kappa shape index (κ1) is 25.9. The molecule has 0 spiro atoms. The largest absolute Gasteiger partial charge is 0.478 e. The van der Waals surface area contributed by atoms with E-state index in [0.29, 0.717) is 41.3 Å². The molecular weight excluding hydrogens is 478 g/mol. The highest BCUT2D eigenvalue weighted by atomic mass is 32.2. The van der Waals surface area contributed by atoms with Crippen molar-refractivity contribution in [2.75, 3.05) is 37.6 Å². The van der Waals surface area contributed by atoms with Gasteiger partial charge in [0.15, 0.2) is 0 Å². The van der Waals surface area contributed by atoms with Crippen LogP contribution in [0.5, 0.6) is 0 Å². The van der Waals surface area contributed by atoms with Crippen LogP contribution in [0.2, 0.25) is 0 Å². The van der Waals surface area contributed by atoms with Crippen LogP contribution < -0.4 is 4.31 Å². The van der Waals surface area contributed by atoms with Crippen molar-refractivity contribution in [1.29, 1.82) is 0 Å². The number of hydrogen-bond acceptors (Lipinski definition) is 8. The number of oxime groups is 1. The Morgan fingerprint density at radius 2 is 1.71 bits per heavy atom. The molecule has 4 rings (SSSR count). The van der Waals surface area contributed by atoms with Crippen LogP contribution in [-0.4, -0.2) is 84.3 Å². The summed E-state index contributed by atoms with van der Waals surface area (Å²) in [6.07, 6.45) is 5.24. The summed E-state index contributed by atoms with van der Waals surface area (Å²) in [4.78, 5) is 27.1. The van der Waals surface area contributed by atoms with Gasteiger partial charge in [-0.3, -0.25) is 13.9 Å².